The van der Waals surface area contributed by atoms with E-state index in [1.807, 2.05) is 18.2 Å². The molecule has 1 atom stereocenters. The number of unbranched alkanes of at least 4 members (excludes halogenated alkanes) is 1. The molecule has 0 aliphatic rings. The van der Waals surface area contributed by atoms with Crippen LogP contribution in [-0.2, 0) is 6.42 Å². The van der Waals surface area contributed by atoms with Crippen molar-refractivity contribution in [1.82, 2.24) is 0 Å². The van der Waals surface area contributed by atoms with Gasteiger partial charge in [-0.15, -0.1) is 0 Å². The molecular weight excluding hydrogens is 292 g/mol. The lowest BCUT2D eigenvalue weighted by molar-refractivity contribution is -0.0465. The fourth-order valence-electron chi connectivity index (χ4n) is 2.56. The van der Waals surface area contributed by atoms with Gasteiger partial charge < -0.3 is 15.3 Å². The van der Waals surface area contributed by atoms with Crippen LogP contribution in [0.5, 0.6) is 0 Å². The van der Waals surface area contributed by atoms with Gasteiger partial charge in [0.25, 0.3) is 0 Å². The summed E-state index contributed by atoms with van der Waals surface area (Å²) in [7, 11) is 0. The monoisotopic (exact) mass is 314 g/mol. The van der Waals surface area contributed by atoms with Gasteiger partial charge in [-0.25, -0.2) is 0 Å². The first-order chi connectivity index (χ1) is 11.1. The molecule has 0 bridgehead atoms. The lowest BCUT2D eigenvalue weighted by Gasteiger charge is -2.13. The number of aryl methyl sites for hydroxylation is 1. The average molecular weight is 314 g/mol. The normalized spacial score (nSPS) is 12.3. The van der Waals surface area contributed by atoms with E-state index in [9.17, 15) is 9.90 Å². The highest BCUT2D eigenvalue weighted by atomic mass is 16.5. The predicted molar refractivity (Wildman–Crippen MR) is 88.0 cm³/mol. The first-order valence-electron chi connectivity index (χ1n) is 7.81. The first kappa shape index (κ1) is 17.3. The molecule has 0 aromatic heterocycles. The van der Waals surface area contributed by atoms with Crippen molar-refractivity contribution in [2.75, 3.05) is 0 Å². The van der Waals surface area contributed by atoms with E-state index < -0.39 is 12.4 Å². The van der Waals surface area contributed by atoms with Crippen molar-refractivity contribution in [3.63, 3.8) is 0 Å². The third-order valence-corrected chi connectivity index (χ3v) is 3.80. The van der Waals surface area contributed by atoms with E-state index in [0.29, 0.717) is 30.4 Å². The van der Waals surface area contributed by atoms with E-state index in [2.05, 4.69) is 0 Å². The molecule has 0 aliphatic carbocycles. The number of Topliss-reactive ketones (excluding diaryl/α,β-unsaturated/α-hetero) is 1. The number of aliphatic hydroxyl groups is 3. The molecule has 2 aromatic carbocycles. The highest BCUT2D eigenvalue weighted by Gasteiger charge is 2.21. The van der Waals surface area contributed by atoms with Crippen molar-refractivity contribution in [2.45, 2.75) is 38.1 Å². The molecule has 4 nitrogen and oxygen atoms in total. The summed E-state index contributed by atoms with van der Waals surface area (Å²) in [6, 6.07) is 16.1. The molecule has 2 aromatic rings. The summed E-state index contributed by atoms with van der Waals surface area (Å²) in [5, 5.41) is 28.0. The molecule has 23 heavy (non-hydrogen) atoms. The second-order valence-corrected chi connectivity index (χ2v) is 5.56. The summed E-state index contributed by atoms with van der Waals surface area (Å²) in [4.78, 5) is 12.6. The highest BCUT2D eigenvalue weighted by Crippen LogP contribution is 2.22. The third kappa shape index (κ3) is 4.99. The topological polar surface area (TPSA) is 77.8 Å². The number of carbonyl (C=O) groups is 1. The van der Waals surface area contributed by atoms with Gasteiger partial charge in [0.05, 0.1) is 0 Å². The van der Waals surface area contributed by atoms with Crippen LogP contribution in [0.25, 0.3) is 0 Å². The van der Waals surface area contributed by atoms with Crippen LogP contribution in [0.2, 0.25) is 0 Å². The van der Waals surface area contributed by atoms with Gasteiger partial charge in [0, 0.05) is 5.56 Å². The van der Waals surface area contributed by atoms with Gasteiger partial charge in [-0.2, -0.15) is 0 Å². The quantitative estimate of drug-likeness (QED) is 0.398. The molecule has 0 spiro atoms. The zero-order valence-electron chi connectivity index (χ0n) is 12.9. The minimum absolute atomic E-state index is 0.311. The van der Waals surface area contributed by atoms with Crippen LogP contribution in [-0.4, -0.2) is 27.4 Å². The van der Waals surface area contributed by atoms with Crippen LogP contribution in [0, 0.1) is 0 Å². The maximum absolute atomic E-state index is 12.6. The summed E-state index contributed by atoms with van der Waals surface area (Å²) in [5.74, 6) is -0.311. The second kappa shape index (κ2) is 8.58. The molecule has 0 radical (unpaired) electrons. The molecule has 0 saturated carbocycles. The zero-order valence-corrected chi connectivity index (χ0v) is 12.9. The van der Waals surface area contributed by atoms with Gasteiger partial charge >= 0.3 is 0 Å². The van der Waals surface area contributed by atoms with E-state index >= 15 is 0 Å². The minimum Gasteiger partial charge on any atom is -0.380 e. The fraction of sp³-hybridized carbons (Fsp3) is 0.316. The van der Waals surface area contributed by atoms with Gasteiger partial charge in [0.2, 0.25) is 0 Å². The number of ketones is 1. The van der Waals surface area contributed by atoms with Gasteiger partial charge in [-0.05, 0) is 36.8 Å². The van der Waals surface area contributed by atoms with Crippen molar-refractivity contribution < 1.29 is 20.1 Å². The van der Waals surface area contributed by atoms with Crippen LogP contribution in [0.3, 0.4) is 0 Å². The molecule has 0 heterocycles. The Hall–Kier alpha value is -2.01. The molecule has 0 amide bonds. The van der Waals surface area contributed by atoms with E-state index in [4.69, 9.17) is 10.2 Å². The lowest BCUT2D eigenvalue weighted by Crippen LogP contribution is -2.14. The fourth-order valence-corrected chi connectivity index (χ4v) is 2.56. The Kier molecular flexibility index (Phi) is 6.47. The molecule has 0 saturated heterocycles. The van der Waals surface area contributed by atoms with E-state index in [-0.39, 0.29) is 5.78 Å². The van der Waals surface area contributed by atoms with Crippen LogP contribution in [0.15, 0.2) is 54.6 Å². The first-order valence-corrected chi connectivity index (χ1v) is 7.81. The van der Waals surface area contributed by atoms with Crippen LogP contribution in [0.1, 0.15) is 46.9 Å². The molecular formula is C19H22O4. The summed E-state index contributed by atoms with van der Waals surface area (Å²) >= 11 is 0. The van der Waals surface area contributed by atoms with Gasteiger partial charge in [-0.3, -0.25) is 4.79 Å². The van der Waals surface area contributed by atoms with Crippen molar-refractivity contribution in [3.05, 3.63) is 71.3 Å². The third-order valence-electron chi connectivity index (χ3n) is 3.80. The lowest BCUT2D eigenvalue weighted by atomic mass is 9.93. The van der Waals surface area contributed by atoms with Gasteiger partial charge in [-0.1, -0.05) is 54.6 Å². The van der Waals surface area contributed by atoms with Crippen LogP contribution in [0.4, 0.5) is 0 Å². The SMILES string of the molecule is O=C(c1ccccc1CCCCC(O)O)C(O)c1ccccc1. The van der Waals surface area contributed by atoms with Gasteiger partial charge in [0.1, 0.15) is 6.10 Å². The summed E-state index contributed by atoms with van der Waals surface area (Å²) in [6.07, 6.45) is -0.0488. The number of rotatable bonds is 8. The number of benzene rings is 2. The Morgan fingerprint density at radius 1 is 0.870 bits per heavy atom. The molecule has 3 N–H and O–H groups in total. The smallest absolute Gasteiger partial charge is 0.196 e. The Balaban J connectivity index is 2.08. The molecule has 0 fully saturated rings. The molecule has 4 heteroatoms. The number of carbonyl (C=O) groups excluding carboxylic acids is 1. The van der Waals surface area contributed by atoms with Gasteiger partial charge in [0.15, 0.2) is 12.1 Å². The number of aliphatic hydroxyl groups excluding tert-OH is 2. The Morgan fingerprint density at radius 2 is 1.52 bits per heavy atom. The van der Waals surface area contributed by atoms with Crippen LogP contribution >= 0.6 is 0 Å². The Bertz CT molecular complexity index is 622. The summed E-state index contributed by atoms with van der Waals surface area (Å²) in [5.41, 5.74) is 1.98. The highest BCUT2D eigenvalue weighted by molar-refractivity contribution is 6.01. The predicted octanol–water partition coefficient (Wildman–Crippen LogP) is 2.63. The standard InChI is InChI=1S/C19H22O4/c20-17(21)13-7-5-9-14-8-4-6-12-16(14)19(23)18(22)15-10-2-1-3-11-15/h1-4,6,8,10-12,17-18,20-22H,5,7,9,13H2. The van der Waals surface area contributed by atoms with E-state index in [0.717, 1.165) is 12.0 Å². The summed E-state index contributed by atoms with van der Waals surface area (Å²) in [6.45, 7) is 0. The molecule has 1 unspecified atom stereocenters. The molecule has 2 rings (SSSR count). The number of hydrogen-bond donors (Lipinski definition) is 3. The van der Waals surface area contributed by atoms with Crippen molar-refractivity contribution >= 4 is 5.78 Å². The average Bonchev–Trinajstić information content (AvgIpc) is 2.58. The Morgan fingerprint density at radius 3 is 2.22 bits per heavy atom. The second-order valence-electron chi connectivity index (χ2n) is 5.56. The van der Waals surface area contributed by atoms with Crippen molar-refractivity contribution in [1.29, 1.82) is 0 Å². The molecule has 122 valence electrons. The zero-order chi connectivity index (χ0) is 16.7. The van der Waals surface area contributed by atoms with E-state index in [1.54, 1.807) is 36.4 Å². The van der Waals surface area contributed by atoms with E-state index in [1.165, 1.54) is 0 Å². The van der Waals surface area contributed by atoms with Crippen molar-refractivity contribution in [2.24, 2.45) is 0 Å². The maximum Gasteiger partial charge on any atom is 0.196 e. The minimum atomic E-state index is -1.29. The van der Waals surface area contributed by atoms with Crippen molar-refractivity contribution in [3.8, 4) is 0 Å². The summed E-state index contributed by atoms with van der Waals surface area (Å²) < 4.78 is 0. The number of hydrogen-bond acceptors (Lipinski definition) is 4. The largest absolute Gasteiger partial charge is 0.380 e. The molecule has 0 aliphatic heterocycles. The Labute approximate surface area is 136 Å². The van der Waals surface area contributed by atoms with Crippen LogP contribution < -0.4 is 0 Å². The maximum atomic E-state index is 12.6.